The summed E-state index contributed by atoms with van der Waals surface area (Å²) in [6, 6.07) is 0.802. The van der Waals surface area contributed by atoms with E-state index in [2.05, 4.69) is 28.7 Å². The predicted octanol–water partition coefficient (Wildman–Crippen LogP) is 1.80. The number of hydrogen-bond acceptors (Lipinski definition) is 5. The average Bonchev–Trinajstić information content (AvgIpc) is 3.23. The largest absolute Gasteiger partial charge is 0.480 e. The summed E-state index contributed by atoms with van der Waals surface area (Å²) in [6.07, 6.45) is 1.73. The fourth-order valence-electron chi connectivity index (χ4n) is 3.33. The summed E-state index contributed by atoms with van der Waals surface area (Å²) in [4.78, 5) is 35.4. The van der Waals surface area contributed by atoms with Crippen LogP contribution in [-0.4, -0.2) is 55.9 Å². The number of nitrogens with one attached hydrogen (secondary N) is 1. The third-order valence-corrected chi connectivity index (χ3v) is 4.92. The summed E-state index contributed by atoms with van der Waals surface area (Å²) in [5.41, 5.74) is 1.90. The van der Waals surface area contributed by atoms with Gasteiger partial charge < -0.3 is 19.4 Å². The molecule has 2 aromatic heterocycles. The van der Waals surface area contributed by atoms with Gasteiger partial charge in [-0.3, -0.25) is 9.69 Å². The molecule has 0 radical (unpaired) electrons. The first kappa shape index (κ1) is 18.2. The van der Waals surface area contributed by atoms with Crippen molar-refractivity contribution in [1.82, 2.24) is 19.8 Å². The Hall–Kier alpha value is -2.61. The zero-order valence-corrected chi connectivity index (χ0v) is 15.3. The summed E-state index contributed by atoms with van der Waals surface area (Å²) >= 11 is 0. The lowest BCUT2D eigenvalue weighted by Crippen LogP contribution is -2.48. The van der Waals surface area contributed by atoms with E-state index in [4.69, 9.17) is 4.42 Å². The number of imidazole rings is 1. The Morgan fingerprint density at radius 1 is 1.42 bits per heavy atom. The molecule has 3 heterocycles. The second kappa shape index (κ2) is 7.33. The van der Waals surface area contributed by atoms with Gasteiger partial charge in [-0.15, -0.1) is 0 Å². The number of aromatic nitrogens is 2. The lowest BCUT2D eigenvalue weighted by Gasteiger charge is -2.32. The molecule has 1 aliphatic rings. The first-order valence-corrected chi connectivity index (χ1v) is 8.81. The van der Waals surface area contributed by atoms with E-state index in [-0.39, 0.29) is 18.9 Å². The Labute approximate surface area is 151 Å². The number of amides is 1. The molecule has 1 unspecified atom stereocenters. The van der Waals surface area contributed by atoms with Crippen molar-refractivity contribution in [2.75, 3.05) is 13.1 Å². The molecule has 3 rings (SSSR count). The van der Waals surface area contributed by atoms with Gasteiger partial charge in [0.15, 0.2) is 0 Å². The molecule has 1 atom stereocenters. The van der Waals surface area contributed by atoms with Gasteiger partial charge in [-0.2, -0.15) is 0 Å². The highest BCUT2D eigenvalue weighted by Gasteiger charge is 2.37. The highest BCUT2D eigenvalue weighted by atomic mass is 16.4. The van der Waals surface area contributed by atoms with E-state index in [0.717, 1.165) is 18.8 Å². The molecule has 0 aromatic carbocycles. The monoisotopic (exact) mass is 360 g/mol. The molecule has 8 nitrogen and oxygen atoms in total. The normalized spacial score (nSPS) is 16.8. The summed E-state index contributed by atoms with van der Waals surface area (Å²) in [5.74, 6) is -0.140. The number of rotatable bonds is 6. The molecule has 0 saturated carbocycles. The van der Waals surface area contributed by atoms with Gasteiger partial charge >= 0.3 is 5.97 Å². The van der Waals surface area contributed by atoms with E-state index in [0.29, 0.717) is 29.3 Å². The molecule has 0 fully saturated rings. The molecule has 0 aliphatic carbocycles. The standard InChI is InChI=1S/C18H24N4O4/c1-4-21(5-2)8-12-6-13(11(3)26-12)17(23)22-9-15-14(19-10-20-15)7-16(22)18(24)25/h6,10,16H,4-5,7-9H2,1-3H3,(H,19,20)(H,24,25). The van der Waals surface area contributed by atoms with Gasteiger partial charge in [-0.25, -0.2) is 9.78 Å². The van der Waals surface area contributed by atoms with E-state index in [1.54, 1.807) is 13.0 Å². The maximum Gasteiger partial charge on any atom is 0.326 e. The van der Waals surface area contributed by atoms with Crippen LogP contribution in [0.1, 0.15) is 47.1 Å². The van der Waals surface area contributed by atoms with Crippen LogP contribution in [0, 0.1) is 6.92 Å². The molecular weight excluding hydrogens is 336 g/mol. The molecule has 140 valence electrons. The first-order valence-electron chi connectivity index (χ1n) is 8.81. The highest BCUT2D eigenvalue weighted by molar-refractivity contribution is 5.97. The van der Waals surface area contributed by atoms with Crippen molar-refractivity contribution in [3.05, 3.63) is 40.9 Å². The van der Waals surface area contributed by atoms with Crippen LogP contribution in [0.3, 0.4) is 0 Å². The van der Waals surface area contributed by atoms with E-state index >= 15 is 0 Å². The smallest absolute Gasteiger partial charge is 0.326 e. The molecule has 0 saturated heterocycles. The third kappa shape index (κ3) is 3.37. The fraction of sp³-hybridized carbons (Fsp3) is 0.500. The number of aryl methyl sites for hydroxylation is 1. The SMILES string of the molecule is CCN(CC)Cc1cc(C(=O)N2Cc3[nH]cnc3CC2C(=O)O)c(C)o1. The summed E-state index contributed by atoms with van der Waals surface area (Å²) in [6.45, 7) is 8.46. The number of H-pyrrole nitrogens is 1. The Morgan fingerprint density at radius 2 is 2.15 bits per heavy atom. The highest BCUT2D eigenvalue weighted by Crippen LogP contribution is 2.25. The zero-order valence-electron chi connectivity index (χ0n) is 15.3. The van der Waals surface area contributed by atoms with Crippen molar-refractivity contribution in [3.63, 3.8) is 0 Å². The number of furan rings is 1. The number of fused-ring (bicyclic) bond motifs is 1. The number of carbonyl (C=O) groups is 2. The number of hydrogen-bond donors (Lipinski definition) is 2. The van der Waals surface area contributed by atoms with Crippen molar-refractivity contribution in [2.24, 2.45) is 0 Å². The van der Waals surface area contributed by atoms with Crippen LogP contribution in [0.4, 0.5) is 0 Å². The van der Waals surface area contributed by atoms with Crippen LogP contribution in [0.2, 0.25) is 0 Å². The molecule has 0 spiro atoms. The Kier molecular flexibility index (Phi) is 5.13. The molecule has 26 heavy (non-hydrogen) atoms. The van der Waals surface area contributed by atoms with Crippen molar-refractivity contribution in [2.45, 2.75) is 46.3 Å². The number of nitrogens with zero attached hydrogens (tertiary/aromatic N) is 3. The predicted molar refractivity (Wildman–Crippen MR) is 93.7 cm³/mol. The van der Waals surface area contributed by atoms with Crippen LogP contribution >= 0.6 is 0 Å². The Morgan fingerprint density at radius 3 is 2.81 bits per heavy atom. The maximum atomic E-state index is 13.1. The van der Waals surface area contributed by atoms with Crippen LogP contribution in [0.5, 0.6) is 0 Å². The Bertz CT molecular complexity index is 806. The van der Waals surface area contributed by atoms with E-state index in [9.17, 15) is 14.7 Å². The number of aliphatic carboxylic acids is 1. The molecule has 2 aromatic rings. The molecule has 0 bridgehead atoms. The second-order valence-electron chi connectivity index (χ2n) is 6.46. The van der Waals surface area contributed by atoms with Crippen LogP contribution < -0.4 is 0 Å². The quantitative estimate of drug-likeness (QED) is 0.814. The Balaban J connectivity index is 1.86. The van der Waals surface area contributed by atoms with Crippen molar-refractivity contribution in [3.8, 4) is 0 Å². The minimum absolute atomic E-state index is 0.196. The van der Waals surface area contributed by atoms with Gasteiger partial charge in [-0.1, -0.05) is 13.8 Å². The molecule has 1 amide bonds. The second-order valence-corrected chi connectivity index (χ2v) is 6.46. The molecule has 1 aliphatic heterocycles. The van der Waals surface area contributed by atoms with Gasteiger partial charge in [0.05, 0.1) is 36.4 Å². The topological polar surface area (TPSA) is 103 Å². The van der Waals surface area contributed by atoms with Crippen LogP contribution in [0.15, 0.2) is 16.8 Å². The molecular formula is C18H24N4O4. The molecule has 8 heteroatoms. The average molecular weight is 360 g/mol. The van der Waals surface area contributed by atoms with E-state index < -0.39 is 12.0 Å². The van der Waals surface area contributed by atoms with Gasteiger partial charge in [0.2, 0.25) is 0 Å². The van der Waals surface area contributed by atoms with E-state index in [1.165, 1.54) is 11.2 Å². The van der Waals surface area contributed by atoms with Crippen molar-refractivity contribution in [1.29, 1.82) is 0 Å². The fourth-order valence-corrected chi connectivity index (χ4v) is 3.33. The number of carboxylic acid groups (broad SMARTS) is 1. The number of carboxylic acids is 1. The lowest BCUT2D eigenvalue weighted by molar-refractivity contribution is -0.142. The first-order chi connectivity index (χ1) is 12.4. The zero-order chi connectivity index (χ0) is 18.8. The lowest BCUT2D eigenvalue weighted by atomic mass is 10.0. The number of carbonyl (C=O) groups excluding carboxylic acids is 1. The molecule has 2 N–H and O–H groups in total. The summed E-state index contributed by atoms with van der Waals surface area (Å²) < 4.78 is 5.75. The van der Waals surface area contributed by atoms with Crippen molar-refractivity contribution >= 4 is 11.9 Å². The van der Waals surface area contributed by atoms with Gasteiger partial charge in [0.1, 0.15) is 17.6 Å². The van der Waals surface area contributed by atoms with Crippen LogP contribution in [-0.2, 0) is 24.3 Å². The van der Waals surface area contributed by atoms with E-state index in [1.807, 2.05) is 0 Å². The third-order valence-electron chi connectivity index (χ3n) is 4.92. The van der Waals surface area contributed by atoms with Gasteiger partial charge in [-0.05, 0) is 26.1 Å². The minimum atomic E-state index is -1.03. The minimum Gasteiger partial charge on any atom is -0.480 e. The maximum absolute atomic E-state index is 13.1. The van der Waals surface area contributed by atoms with Crippen molar-refractivity contribution < 1.29 is 19.1 Å². The number of aromatic amines is 1. The van der Waals surface area contributed by atoms with Gasteiger partial charge in [0, 0.05) is 6.42 Å². The summed E-state index contributed by atoms with van der Waals surface area (Å²) in [7, 11) is 0. The summed E-state index contributed by atoms with van der Waals surface area (Å²) in [5, 5.41) is 9.56. The van der Waals surface area contributed by atoms with Gasteiger partial charge in [0.25, 0.3) is 5.91 Å². The van der Waals surface area contributed by atoms with Crippen LogP contribution in [0.25, 0.3) is 0 Å².